The molecule has 4 aromatic rings. The SMILES string of the molecule is COCC(=O)Nc1cc(N2C(=S)N[C@@H](c3ccccn3)[C@H]2c2cc(C)n(-c3cc(C(=O)O)ccc3C)c2C)ccc1OC. The van der Waals surface area contributed by atoms with E-state index in [1.807, 2.05) is 62.1 Å². The molecule has 11 heteroatoms. The van der Waals surface area contributed by atoms with E-state index in [2.05, 4.69) is 26.3 Å². The molecule has 0 unspecified atom stereocenters. The summed E-state index contributed by atoms with van der Waals surface area (Å²) in [6.45, 7) is 5.89. The van der Waals surface area contributed by atoms with E-state index < -0.39 is 5.97 Å². The predicted octanol–water partition coefficient (Wildman–Crippen LogP) is 5.27. The Morgan fingerprint density at radius 3 is 2.53 bits per heavy atom. The lowest BCUT2D eigenvalue weighted by atomic mass is 9.96. The van der Waals surface area contributed by atoms with Crippen molar-refractivity contribution < 1.29 is 24.2 Å². The summed E-state index contributed by atoms with van der Waals surface area (Å²) in [6.07, 6.45) is 1.75. The van der Waals surface area contributed by atoms with Gasteiger partial charge in [-0.3, -0.25) is 9.78 Å². The predicted molar refractivity (Wildman–Crippen MR) is 168 cm³/mol. The Labute approximate surface area is 255 Å². The Hall–Kier alpha value is -4.74. The number of aromatic carboxylic acids is 1. The van der Waals surface area contributed by atoms with E-state index in [1.165, 1.54) is 7.11 Å². The summed E-state index contributed by atoms with van der Waals surface area (Å²) in [7, 11) is 3.00. The molecule has 0 spiro atoms. The first-order chi connectivity index (χ1) is 20.6. The number of thiocarbonyl (C=S) groups is 1. The van der Waals surface area contributed by atoms with Gasteiger partial charge in [0.25, 0.3) is 0 Å². The van der Waals surface area contributed by atoms with E-state index >= 15 is 0 Å². The van der Waals surface area contributed by atoms with Crippen molar-refractivity contribution in [2.45, 2.75) is 32.9 Å². The van der Waals surface area contributed by atoms with Crippen molar-refractivity contribution in [3.63, 3.8) is 0 Å². The van der Waals surface area contributed by atoms with E-state index in [1.54, 1.807) is 31.5 Å². The number of nitrogens with one attached hydrogen (secondary N) is 2. The van der Waals surface area contributed by atoms with E-state index in [9.17, 15) is 14.7 Å². The molecule has 1 fully saturated rings. The molecule has 43 heavy (non-hydrogen) atoms. The van der Waals surface area contributed by atoms with Crippen molar-refractivity contribution in [3.8, 4) is 11.4 Å². The Balaban J connectivity index is 1.67. The zero-order valence-electron chi connectivity index (χ0n) is 24.5. The van der Waals surface area contributed by atoms with E-state index in [0.717, 1.165) is 39.6 Å². The highest BCUT2D eigenvalue weighted by molar-refractivity contribution is 7.80. The zero-order valence-corrected chi connectivity index (χ0v) is 25.4. The third-order valence-electron chi connectivity index (χ3n) is 7.59. The molecule has 5 rings (SSSR count). The van der Waals surface area contributed by atoms with Crippen LogP contribution in [0.15, 0.2) is 66.9 Å². The Bertz CT molecular complexity index is 1700. The van der Waals surface area contributed by atoms with Crippen LogP contribution >= 0.6 is 12.2 Å². The molecule has 0 aliphatic carbocycles. The molecule has 3 heterocycles. The first-order valence-corrected chi connectivity index (χ1v) is 14.1. The number of hydrogen-bond acceptors (Lipinski definition) is 6. The number of carboxylic acid groups (broad SMARTS) is 1. The number of aryl methyl sites for hydroxylation is 2. The third-order valence-corrected chi connectivity index (χ3v) is 7.91. The third kappa shape index (κ3) is 5.69. The molecule has 2 atom stereocenters. The number of carbonyl (C=O) groups excluding carboxylic acids is 1. The molecule has 3 N–H and O–H groups in total. The van der Waals surface area contributed by atoms with Gasteiger partial charge in [0.15, 0.2) is 5.11 Å². The Morgan fingerprint density at radius 2 is 1.86 bits per heavy atom. The second-order valence-electron chi connectivity index (χ2n) is 10.3. The van der Waals surface area contributed by atoms with Crippen molar-refractivity contribution in [1.82, 2.24) is 14.9 Å². The number of amides is 1. The lowest BCUT2D eigenvalue weighted by molar-refractivity contribution is -0.119. The normalized spacial score (nSPS) is 16.2. The van der Waals surface area contributed by atoms with Gasteiger partial charge in [0.05, 0.1) is 36.1 Å². The molecule has 1 amide bonds. The van der Waals surface area contributed by atoms with Gasteiger partial charge in [-0.05, 0) is 92.6 Å². The maximum Gasteiger partial charge on any atom is 0.335 e. The van der Waals surface area contributed by atoms with Gasteiger partial charge in [0.1, 0.15) is 12.4 Å². The van der Waals surface area contributed by atoms with E-state index in [4.69, 9.17) is 21.7 Å². The average Bonchev–Trinajstić information content (AvgIpc) is 3.48. The first-order valence-electron chi connectivity index (χ1n) is 13.6. The highest BCUT2D eigenvalue weighted by Gasteiger charge is 2.42. The fourth-order valence-corrected chi connectivity index (χ4v) is 6.00. The van der Waals surface area contributed by atoms with Crippen LogP contribution in [0.25, 0.3) is 5.69 Å². The summed E-state index contributed by atoms with van der Waals surface area (Å²) < 4.78 is 12.6. The summed E-state index contributed by atoms with van der Waals surface area (Å²) in [5.41, 5.74) is 6.86. The molecule has 2 aromatic carbocycles. The van der Waals surface area contributed by atoms with Gasteiger partial charge in [-0.15, -0.1) is 0 Å². The second kappa shape index (κ2) is 12.2. The molecule has 0 bridgehead atoms. The summed E-state index contributed by atoms with van der Waals surface area (Å²) in [4.78, 5) is 30.9. The van der Waals surface area contributed by atoms with Gasteiger partial charge < -0.3 is 34.7 Å². The molecule has 1 saturated heterocycles. The minimum absolute atomic E-state index is 0.101. The molecular weight excluding hydrogens is 566 g/mol. The maximum absolute atomic E-state index is 12.4. The lowest BCUT2D eigenvalue weighted by Crippen LogP contribution is -2.29. The summed E-state index contributed by atoms with van der Waals surface area (Å²) >= 11 is 5.93. The highest BCUT2D eigenvalue weighted by Crippen LogP contribution is 2.45. The number of anilines is 2. The van der Waals surface area contributed by atoms with Crippen LogP contribution < -0.4 is 20.3 Å². The van der Waals surface area contributed by atoms with Crippen molar-refractivity contribution >= 4 is 40.6 Å². The lowest BCUT2D eigenvalue weighted by Gasteiger charge is -2.29. The van der Waals surface area contributed by atoms with Crippen LogP contribution in [0.2, 0.25) is 0 Å². The van der Waals surface area contributed by atoms with Gasteiger partial charge in [0, 0.05) is 36.1 Å². The number of carbonyl (C=O) groups is 2. The zero-order chi connectivity index (χ0) is 30.8. The highest BCUT2D eigenvalue weighted by atomic mass is 32.1. The number of pyridine rings is 1. The summed E-state index contributed by atoms with van der Waals surface area (Å²) in [5.74, 6) is -0.801. The maximum atomic E-state index is 12.4. The summed E-state index contributed by atoms with van der Waals surface area (Å²) in [5, 5.41) is 16.5. The molecule has 1 aliphatic heterocycles. The van der Waals surface area contributed by atoms with Crippen molar-refractivity contribution in [2.24, 2.45) is 0 Å². The largest absolute Gasteiger partial charge is 0.495 e. The van der Waals surface area contributed by atoms with Gasteiger partial charge in [0.2, 0.25) is 5.91 Å². The van der Waals surface area contributed by atoms with Crippen molar-refractivity contribution in [1.29, 1.82) is 0 Å². The number of carboxylic acids is 1. The Kier molecular flexibility index (Phi) is 8.47. The number of rotatable bonds is 9. The van der Waals surface area contributed by atoms with Crippen LogP contribution in [0.4, 0.5) is 11.4 Å². The van der Waals surface area contributed by atoms with Crippen LogP contribution in [0.3, 0.4) is 0 Å². The quantitative estimate of drug-likeness (QED) is 0.221. The van der Waals surface area contributed by atoms with Crippen LogP contribution in [0.5, 0.6) is 5.75 Å². The minimum Gasteiger partial charge on any atom is -0.495 e. The monoisotopic (exact) mass is 599 g/mol. The van der Waals surface area contributed by atoms with E-state index in [0.29, 0.717) is 16.5 Å². The standard InChI is InChI=1S/C32H33N5O5S/c1-18-9-10-21(31(39)40)15-26(18)36-19(2)14-23(20(36)3)30-29(24-8-6-7-13-33-24)35-32(43)37(30)22-11-12-27(42-5)25(16-22)34-28(38)17-41-4/h6-16,29-30H,17H2,1-5H3,(H,34,38)(H,35,43)(H,39,40)/t29-,30+/m0/s1. The summed E-state index contributed by atoms with van der Waals surface area (Å²) in [6, 6.07) is 17.9. The minimum atomic E-state index is -0.983. The van der Waals surface area contributed by atoms with Crippen LogP contribution in [0, 0.1) is 20.8 Å². The smallest absolute Gasteiger partial charge is 0.335 e. The molecule has 0 radical (unpaired) electrons. The van der Waals surface area contributed by atoms with Gasteiger partial charge in [-0.25, -0.2) is 4.79 Å². The van der Waals surface area contributed by atoms with Crippen LogP contribution in [-0.4, -0.2) is 52.5 Å². The van der Waals surface area contributed by atoms with Gasteiger partial charge in [-0.1, -0.05) is 12.1 Å². The Morgan fingerprint density at radius 1 is 1.07 bits per heavy atom. The number of nitrogens with zero attached hydrogens (tertiary/aromatic N) is 3. The fourth-order valence-electron chi connectivity index (χ4n) is 5.65. The topological polar surface area (TPSA) is 118 Å². The van der Waals surface area contributed by atoms with E-state index in [-0.39, 0.29) is 30.2 Å². The molecule has 0 saturated carbocycles. The van der Waals surface area contributed by atoms with Crippen molar-refractivity contribution in [3.05, 3.63) is 101 Å². The fraction of sp³-hybridized carbons (Fsp3) is 0.250. The number of hydrogen-bond donors (Lipinski definition) is 3. The number of ether oxygens (including phenoxy) is 2. The first kappa shape index (κ1) is 29.7. The number of benzene rings is 2. The number of methoxy groups -OCH3 is 2. The molecule has 10 nitrogen and oxygen atoms in total. The molecule has 222 valence electrons. The second-order valence-corrected chi connectivity index (χ2v) is 10.7. The number of aromatic nitrogens is 2. The molecule has 1 aliphatic rings. The van der Waals surface area contributed by atoms with Crippen molar-refractivity contribution in [2.75, 3.05) is 31.0 Å². The molecular formula is C32H33N5O5S. The van der Waals surface area contributed by atoms with Gasteiger partial charge >= 0.3 is 5.97 Å². The van der Waals surface area contributed by atoms with Crippen LogP contribution in [-0.2, 0) is 9.53 Å². The molecule has 2 aromatic heterocycles. The van der Waals surface area contributed by atoms with Gasteiger partial charge in [-0.2, -0.15) is 0 Å². The average molecular weight is 600 g/mol. The van der Waals surface area contributed by atoms with Crippen LogP contribution in [0.1, 0.15) is 50.7 Å².